The third-order valence-electron chi connectivity index (χ3n) is 8.15. The normalized spacial score (nSPS) is 19.0. The summed E-state index contributed by atoms with van der Waals surface area (Å²) in [6.07, 6.45) is -7.68. The van der Waals surface area contributed by atoms with Crippen LogP contribution in [0.5, 0.6) is 0 Å². The standard InChI is InChI=1S/C30H31F6N5O3/c1-38-7-4-8-39(10-9-38)26(42)17-40-16-23(13-20-15-37-25-6-3-2-5-24(20)25)41(18-27(40)43)28(44)19-11-21(29(31,32)33)14-22(12-19)30(34,35)36/h2-3,5-6,11-12,14-15,23,37H,4,7-10,13,16-18H2,1H3/t23-/m1/s1. The van der Waals surface area contributed by atoms with Gasteiger partial charge in [-0.3, -0.25) is 14.4 Å². The monoisotopic (exact) mass is 623 g/mol. The van der Waals surface area contributed by atoms with E-state index in [0.717, 1.165) is 34.3 Å². The Kier molecular flexibility index (Phi) is 8.65. The van der Waals surface area contributed by atoms with Gasteiger partial charge < -0.3 is 24.6 Å². The van der Waals surface area contributed by atoms with Gasteiger partial charge in [-0.25, -0.2) is 0 Å². The van der Waals surface area contributed by atoms with Gasteiger partial charge in [-0.15, -0.1) is 0 Å². The number of fused-ring (bicyclic) bond motifs is 1. The molecule has 8 nitrogen and oxygen atoms in total. The van der Waals surface area contributed by atoms with Gasteiger partial charge in [0.05, 0.1) is 23.7 Å². The quantitative estimate of drug-likeness (QED) is 0.431. The number of nitrogens with one attached hydrogen (secondary N) is 1. The van der Waals surface area contributed by atoms with E-state index in [1.54, 1.807) is 17.2 Å². The zero-order valence-electron chi connectivity index (χ0n) is 23.8. The number of alkyl halides is 6. The number of halogens is 6. The molecule has 236 valence electrons. The Bertz CT molecular complexity index is 1520. The molecule has 1 aromatic heterocycles. The number of para-hydroxylation sites is 1. The predicted octanol–water partition coefficient (Wildman–Crippen LogP) is 4.27. The van der Waals surface area contributed by atoms with E-state index >= 15 is 0 Å². The van der Waals surface area contributed by atoms with Crippen LogP contribution in [0.15, 0.2) is 48.7 Å². The number of rotatable bonds is 5. The van der Waals surface area contributed by atoms with Crippen LogP contribution in [-0.2, 0) is 28.4 Å². The van der Waals surface area contributed by atoms with Gasteiger partial charge in [-0.05, 0) is 56.3 Å². The SMILES string of the molecule is CN1CCCN(C(=O)CN2C[C@@H](Cc3c[nH]c4ccccc34)N(C(=O)c3cc(C(F)(F)F)cc(C(F)(F)F)c3)CC2=O)CC1. The van der Waals surface area contributed by atoms with E-state index in [0.29, 0.717) is 31.8 Å². The Morgan fingerprint density at radius 2 is 1.61 bits per heavy atom. The fraction of sp³-hybridized carbons (Fsp3) is 0.433. The fourth-order valence-corrected chi connectivity index (χ4v) is 5.75. The van der Waals surface area contributed by atoms with E-state index in [4.69, 9.17) is 0 Å². The number of piperazine rings is 1. The first kappa shape index (κ1) is 31.4. The van der Waals surface area contributed by atoms with E-state index in [-0.39, 0.29) is 31.5 Å². The van der Waals surface area contributed by atoms with Crippen LogP contribution in [0, 0.1) is 0 Å². The highest BCUT2D eigenvalue weighted by Crippen LogP contribution is 2.37. The third-order valence-corrected chi connectivity index (χ3v) is 8.15. The zero-order chi connectivity index (χ0) is 31.8. The number of amides is 3. The summed E-state index contributed by atoms with van der Waals surface area (Å²) in [6, 6.07) is 7.14. The lowest BCUT2D eigenvalue weighted by molar-refractivity contribution is -0.144. The number of nitrogens with zero attached hydrogens (tertiary/aromatic N) is 4. The molecule has 3 heterocycles. The molecule has 2 saturated heterocycles. The van der Waals surface area contributed by atoms with Gasteiger partial charge in [0.15, 0.2) is 0 Å². The van der Waals surface area contributed by atoms with Crippen molar-refractivity contribution in [2.24, 2.45) is 0 Å². The van der Waals surface area contributed by atoms with Gasteiger partial charge in [-0.2, -0.15) is 26.3 Å². The third kappa shape index (κ3) is 6.85. The first-order chi connectivity index (χ1) is 20.7. The molecule has 2 aliphatic rings. The molecule has 2 aliphatic heterocycles. The average molecular weight is 624 g/mol. The Hall–Kier alpha value is -4.07. The molecule has 3 amide bonds. The molecule has 0 unspecified atom stereocenters. The molecule has 2 aromatic carbocycles. The van der Waals surface area contributed by atoms with Crippen molar-refractivity contribution in [1.29, 1.82) is 0 Å². The van der Waals surface area contributed by atoms with Gasteiger partial charge in [0, 0.05) is 48.8 Å². The highest BCUT2D eigenvalue weighted by Gasteiger charge is 2.41. The lowest BCUT2D eigenvalue weighted by Gasteiger charge is -2.41. The summed E-state index contributed by atoms with van der Waals surface area (Å²) < 4.78 is 81.4. The second-order valence-corrected chi connectivity index (χ2v) is 11.3. The van der Waals surface area contributed by atoms with Crippen LogP contribution in [0.3, 0.4) is 0 Å². The van der Waals surface area contributed by atoms with Crippen molar-refractivity contribution in [3.05, 3.63) is 70.9 Å². The summed E-state index contributed by atoms with van der Waals surface area (Å²) in [4.78, 5) is 49.3. The number of benzene rings is 2. The number of aromatic amines is 1. The lowest BCUT2D eigenvalue weighted by Crippen LogP contribution is -2.60. The second-order valence-electron chi connectivity index (χ2n) is 11.3. The number of carbonyl (C=O) groups is 3. The Balaban J connectivity index is 1.46. The molecule has 2 fully saturated rings. The maximum atomic E-state index is 13.7. The summed E-state index contributed by atoms with van der Waals surface area (Å²) in [5, 5.41) is 0.812. The van der Waals surface area contributed by atoms with Crippen LogP contribution in [0.25, 0.3) is 10.9 Å². The number of hydrogen-bond donors (Lipinski definition) is 1. The number of hydrogen-bond acceptors (Lipinski definition) is 4. The minimum Gasteiger partial charge on any atom is -0.361 e. The fourth-order valence-electron chi connectivity index (χ4n) is 5.75. The summed E-state index contributed by atoms with van der Waals surface area (Å²) >= 11 is 0. The van der Waals surface area contributed by atoms with E-state index in [1.165, 1.54) is 4.90 Å². The van der Waals surface area contributed by atoms with Crippen LogP contribution in [-0.4, -0.2) is 101 Å². The van der Waals surface area contributed by atoms with E-state index in [9.17, 15) is 40.7 Å². The smallest absolute Gasteiger partial charge is 0.361 e. The maximum absolute atomic E-state index is 13.7. The van der Waals surface area contributed by atoms with Gasteiger partial charge in [-0.1, -0.05) is 18.2 Å². The topological polar surface area (TPSA) is 80.0 Å². The van der Waals surface area contributed by atoms with Crippen LogP contribution in [0.1, 0.15) is 33.5 Å². The number of aromatic nitrogens is 1. The van der Waals surface area contributed by atoms with Gasteiger partial charge in [0.2, 0.25) is 11.8 Å². The molecule has 0 aliphatic carbocycles. The molecule has 1 atom stereocenters. The molecular weight excluding hydrogens is 592 g/mol. The van der Waals surface area contributed by atoms with Crippen molar-refractivity contribution in [2.45, 2.75) is 31.2 Å². The summed E-state index contributed by atoms with van der Waals surface area (Å²) in [6.45, 7) is 1.50. The molecule has 14 heteroatoms. The van der Waals surface area contributed by atoms with Crippen molar-refractivity contribution in [1.82, 2.24) is 24.6 Å². The van der Waals surface area contributed by atoms with Crippen molar-refractivity contribution in [3.8, 4) is 0 Å². The van der Waals surface area contributed by atoms with Crippen LogP contribution in [0.4, 0.5) is 26.3 Å². The van der Waals surface area contributed by atoms with E-state index < -0.39 is 53.4 Å². The van der Waals surface area contributed by atoms with Crippen molar-refractivity contribution >= 4 is 28.6 Å². The maximum Gasteiger partial charge on any atom is 0.416 e. The van der Waals surface area contributed by atoms with Gasteiger partial charge >= 0.3 is 12.4 Å². The zero-order valence-corrected chi connectivity index (χ0v) is 23.8. The van der Waals surface area contributed by atoms with Crippen molar-refractivity contribution in [3.63, 3.8) is 0 Å². The molecule has 0 saturated carbocycles. The van der Waals surface area contributed by atoms with E-state index in [1.807, 2.05) is 25.2 Å². The van der Waals surface area contributed by atoms with Gasteiger partial charge in [0.1, 0.15) is 6.54 Å². The summed E-state index contributed by atoms with van der Waals surface area (Å²) in [5.74, 6) is -2.04. The second kappa shape index (κ2) is 12.1. The van der Waals surface area contributed by atoms with Crippen molar-refractivity contribution < 1.29 is 40.7 Å². The Labute approximate surface area is 249 Å². The molecule has 3 aromatic rings. The van der Waals surface area contributed by atoms with Gasteiger partial charge in [0.25, 0.3) is 5.91 Å². The summed E-state index contributed by atoms with van der Waals surface area (Å²) in [7, 11) is 1.95. The molecule has 44 heavy (non-hydrogen) atoms. The number of likely N-dealkylation sites (N-methyl/N-ethyl adjacent to an activating group) is 1. The highest BCUT2D eigenvalue weighted by atomic mass is 19.4. The Morgan fingerprint density at radius 1 is 0.932 bits per heavy atom. The molecular formula is C30H31F6N5O3. The first-order valence-electron chi connectivity index (χ1n) is 14.1. The molecule has 0 spiro atoms. The lowest BCUT2D eigenvalue weighted by atomic mass is 9.98. The van der Waals surface area contributed by atoms with Crippen LogP contribution in [0.2, 0.25) is 0 Å². The number of carbonyl (C=O) groups excluding carboxylic acids is 3. The van der Waals surface area contributed by atoms with E-state index in [2.05, 4.69) is 9.88 Å². The molecule has 5 rings (SSSR count). The van der Waals surface area contributed by atoms with Crippen molar-refractivity contribution in [2.75, 3.05) is 52.9 Å². The van der Waals surface area contributed by atoms with Crippen LogP contribution >= 0.6 is 0 Å². The minimum atomic E-state index is -5.14. The summed E-state index contributed by atoms with van der Waals surface area (Å²) in [5.41, 5.74) is -2.55. The highest BCUT2D eigenvalue weighted by molar-refractivity contribution is 5.98. The average Bonchev–Trinajstić information content (AvgIpc) is 3.23. The first-order valence-corrected chi connectivity index (χ1v) is 14.1. The molecule has 1 N–H and O–H groups in total. The predicted molar refractivity (Wildman–Crippen MR) is 149 cm³/mol. The minimum absolute atomic E-state index is 0.0461. The molecule has 0 bridgehead atoms. The number of H-pyrrole nitrogens is 1. The van der Waals surface area contributed by atoms with Crippen LogP contribution < -0.4 is 0 Å². The largest absolute Gasteiger partial charge is 0.416 e. The molecule has 0 radical (unpaired) electrons. The Morgan fingerprint density at radius 3 is 2.30 bits per heavy atom.